The normalized spacial score (nSPS) is 24.5. The van der Waals surface area contributed by atoms with E-state index in [1.807, 2.05) is 0 Å². The molecule has 0 aromatic rings. The second kappa shape index (κ2) is 6.40. The molecule has 0 aliphatic carbocycles. The van der Waals surface area contributed by atoms with E-state index in [4.69, 9.17) is 9.47 Å². The first-order valence-electron chi connectivity index (χ1n) is 7.49. The van der Waals surface area contributed by atoms with Crippen LogP contribution in [0.2, 0.25) is 16.6 Å². The van der Waals surface area contributed by atoms with Gasteiger partial charge in [0.25, 0.3) is 0 Å². The van der Waals surface area contributed by atoms with Crippen molar-refractivity contribution < 1.29 is 14.3 Å². The van der Waals surface area contributed by atoms with Gasteiger partial charge in [-0.25, -0.2) is 0 Å². The highest BCUT2D eigenvalue weighted by Crippen LogP contribution is 2.49. The number of carbonyl (C=O) groups excluding carboxylic acids is 1. The van der Waals surface area contributed by atoms with Crippen molar-refractivity contribution >= 4 is 14.0 Å². The summed E-state index contributed by atoms with van der Waals surface area (Å²) in [5.41, 5.74) is 1.91. The fraction of sp³-hybridized carbons (Fsp3) is 0.933. The minimum Gasteiger partial charge on any atom is -0.469 e. The number of methoxy groups -OCH3 is 1. The summed E-state index contributed by atoms with van der Waals surface area (Å²) >= 11 is 0. The molecule has 0 unspecified atom stereocenters. The van der Waals surface area contributed by atoms with E-state index in [1.165, 1.54) is 7.11 Å². The first kappa shape index (κ1) is 16.7. The SMILES string of the molecule is COC(=O)[C@H]1CCO[C@@H]1[Si](C(C)C)(C(C)C)C(C)C. The Bertz CT molecular complexity index is 291. The van der Waals surface area contributed by atoms with Crippen LogP contribution < -0.4 is 0 Å². The van der Waals surface area contributed by atoms with Crippen molar-refractivity contribution in [1.29, 1.82) is 0 Å². The minimum absolute atomic E-state index is 0.0520. The van der Waals surface area contributed by atoms with Gasteiger partial charge in [0.1, 0.15) is 0 Å². The van der Waals surface area contributed by atoms with Gasteiger partial charge >= 0.3 is 5.97 Å². The van der Waals surface area contributed by atoms with E-state index < -0.39 is 8.07 Å². The second-order valence-corrected chi connectivity index (χ2v) is 12.7. The molecule has 0 aromatic heterocycles. The Kier molecular flexibility index (Phi) is 5.62. The highest BCUT2D eigenvalue weighted by atomic mass is 28.3. The average molecular weight is 286 g/mol. The maximum Gasteiger partial charge on any atom is 0.311 e. The summed E-state index contributed by atoms with van der Waals surface area (Å²) in [5.74, 6) is -0.134. The molecule has 1 saturated heterocycles. The molecule has 1 aliphatic heterocycles. The number of hydrogen-bond acceptors (Lipinski definition) is 3. The molecule has 1 heterocycles. The third-order valence-electron chi connectivity index (χ3n) is 5.09. The fourth-order valence-corrected chi connectivity index (χ4v) is 11.8. The van der Waals surface area contributed by atoms with Crippen LogP contribution in [0.15, 0.2) is 0 Å². The third kappa shape index (κ3) is 2.75. The molecule has 0 spiro atoms. The molecule has 0 N–H and O–H groups in total. The number of esters is 1. The van der Waals surface area contributed by atoms with Crippen molar-refractivity contribution in [2.45, 2.75) is 70.3 Å². The highest BCUT2D eigenvalue weighted by molar-refractivity contribution is 6.84. The van der Waals surface area contributed by atoms with Gasteiger partial charge in [0.2, 0.25) is 0 Å². The lowest BCUT2D eigenvalue weighted by atomic mass is 10.1. The first-order chi connectivity index (χ1) is 8.79. The van der Waals surface area contributed by atoms with E-state index in [0.29, 0.717) is 23.2 Å². The van der Waals surface area contributed by atoms with E-state index in [-0.39, 0.29) is 17.6 Å². The lowest BCUT2D eigenvalue weighted by molar-refractivity contribution is -0.146. The predicted molar refractivity (Wildman–Crippen MR) is 80.9 cm³/mol. The first-order valence-corrected chi connectivity index (χ1v) is 9.80. The third-order valence-corrected chi connectivity index (χ3v) is 12.6. The van der Waals surface area contributed by atoms with E-state index in [0.717, 1.165) is 6.42 Å². The van der Waals surface area contributed by atoms with Crippen molar-refractivity contribution in [3.05, 3.63) is 0 Å². The molecule has 1 aliphatic rings. The predicted octanol–water partition coefficient (Wildman–Crippen LogP) is 3.78. The highest BCUT2D eigenvalue weighted by Gasteiger charge is 2.55. The standard InChI is InChI=1S/C15H30O3Si/c1-10(2)19(11(3)4,12(5)6)15-13(8-9-18-15)14(16)17-7/h10-13,15H,8-9H2,1-7H3/t13-,15-/m1/s1. The van der Waals surface area contributed by atoms with Gasteiger partial charge in [-0.05, 0) is 23.0 Å². The second-order valence-electron chi connectivity index (χ2n) is 6.67. The molecule has 112 valence electrons. The van der Waals surface area contributed by atoms with Gasteiger partial charge in [0.15, 0.2) is 0 Å². The Balaban J connectivity index is 3.20. The molecule has 0 bridgehead atoms. The molecular formula is C15H30O3Si. The molecule has 0 saturated carbocycles. The van der Waals surface area contributed by atoms with Crippen molar-refractivity contribution in [3.63, 3.8) is 0 Å². The van der Waals surface area contributed by atoms with Crippen LogP contribution in [0.1, 0.15) is 48.0 Å². The quantitative estimate of drug-likeness (QED) is 0.570. The van der Waals surface area contributed by atoms with Crippen LogP contribution >= 0.6 is 0 Å². The van der Waals surface area contributed by atoms with Crippen molar-refractivity contribution in [2.24, 2.45) is 5.92 Å². The van der Waals surface area contributed by atoms with Gasteiger partial charge < -0.3 is 9.47 Å². The zero-order valence-corrected chi connectivity index (χ0v) is 14.5. The van der Waals surface area contributed by atoms with Gasteiger partial charge in [-0.15, -0.1) is 0 Å². The largest absolute Gasteiger partial charge is 0.469 e. The molecule has 4 heteroatoms. The number of carbonyl (C=O) groups is 1. The molecular weight excluding hydrogens is 256 g/mol. The van der Waals surface area contributed by atoms with Gasteiger partial charge in [-0.2, -0.15) is 0 Å². The molecule has 0 radical (unpaired) electrons. The Morgan fingerprint density at radius 2 is 1.58 bits per heavy atom. The maximum atomic E-state index is 12.1. The summed E-state index contributed by atoms with van der Waals surface area (Å²) in [7, 11) is -0.273. The zero-order valence-electron chi connectivity index (χ0n) is 13.5. The van der Waals surface area contributed by atoms with Gasteiger partial charge in [-0.1, -0.05) is 41.5 Å². The maximum absolute atomic E-state index is 12.1. The van der Waals surface area contributed by atoms with E-state index >= 15 is 0 Å². The lowest BCUT2D eigenvalue weighted by Gasteiger charge is -2.48. The van der Waals surface area contributed by atoms with Gasteiger partial charge in [0, 0.05) is 6.61 Å². The Morgan fingerprint density at radius 3 is 1.95 bits per heavy atom. The summed E-state index contributed by atoms with van der Waals surface area (Å²) < 4.78 is 11.1. The van der Waals surface area contributed by atoms with Gasteiger partial charge in [-0.3, -0.25) is 4.79 Å². The lowest BCUT2D eigenvalue weighted by Crippen LogP contribution is -2.58. The summed E-state index contributed by atoms with van der Waals surface area (Å²) in [6.45, 7) is 14.5. The minimum atomic E-state index is -1.76. The summed E-state index contributed by atoms with van der Waals surface area (Å²) in [5, 5.41) is 0. The number of ether oxygens (including phenoxy) is 2. The summed E-state index contributed by atoms with van der Waals surface area (Å²) in [6.07, 6.45) is 0.818. The molecule has 2 atom stereocenters. The van der Waals surface area contributed by atoms with Gasteiger partial charge in [0.05, 0.1) is 26.8 Å². The Hall–Kier alpha value is -0.353. The number of hydrogen-bond donors (Lipinski definition) is 0. The molecule has 1 fully saturated rings. The summed E-state index contributed by atoms with van der Waals surface area (Å²) in [4.78, 5) is 12.1. The number of rotatable bonds is 5. The molecule has 3 nitrogen and oxygen atoms in total. The smallest absolute Gasteiger partial charge is 0.311 e. The molecule has 0 amide bonds. The monoisotopic (exact) mass is 286 g/mol. The van der Waals surface area contributed by atoms with E-state index in [1.54, 1.807) is 0 Å². The molecule has 1 rings (SSSR count). The zero-order chi connectivity index (χ0) is 14.8. The van der Waals surface area contributed by atoms with Crippen molar-refractivity contribution in [2.75, 3.05) is 13.7 Å². The van der Waals surface area contributed by atoms with Crippen LogP contribution in [0.5, 0.6) is 0 Å². The Morgan fingerprint density at radius 1 is 1.11 bits per heavy atom. The van der Waals surface area contributed by atoms with Crippen molar-refractivity contribution in [1.82, 2.24) is 0 Å². The van der Waals surface area contributed by atoms with Crippen LogP contribution in [-0.2, 0) is 14.3 Å². The van der Waals surface area contributed by atoms with Crippen LogP contribution in [0.3, 0.4) is 0 Å². The van der Waals surface area contributed by atoms with Crippen LogP contribution in [0.25, 0.3) is 0 Å². The van der Waals surface area contributed by atoms with Crippen LogP contribution in [-0.4, -0.2) is 33.5 Å². The van der Waals surface area contributed by atoms with Crippen LogP contribution in [0.4, 0.5) is 0 Å². The van der Waals surface area contributed by atoms with E-state index in [2.05, 4.69) is 41.5 Å². The molecule has 19 heavy (non-hydrogen) atoms. The average Bonchev–Trinajstić information content (AvgIpc) is 2.76. The fourth-order valence-electron chi connectivity index (χ4n) is 4.46. The summed E-state index contributed by atoms with van der Waals surface area (Å²) in [6, 6.07) is 0. The molecule has 0 aromatic carbocycles. The van der Waals surface area contributed by atoms with Crippen molar-refractivity contribution in [3.8, 4) is 0 Å². The van der Waals surface area contributed by atoms with E-state index in [9.17, 15) is 4.79 Å². The van der Waals surface area contributed by atoms with Crippen LogP contribution in [0, 0.1) is 5.92 Å². The Labute approximate surface area is 119 Å². The topological polar surface area (TPSA) is 35.5 Å².